The van der Waals surface area contributed by atoms with Gasteiger partial charge in [-0.2, -0.15) is 0 Å². The first-order valence-corrected chi connectivity index (χ1v) is 7.98. The van der Waals surface area contributed by atoms with Crippen LogP contribution in [0.1, 0.15) is 44.6 Å². The van der Waals surface area contributed by atoms with E-state index in [2.05, 4.69) is 17.6 Å². The molecule has 1 aliphatic heterocycles. The average molecular weight is 290 g/mol. The van der Waals surface area contributed by atoms with E-state index in [0.717, 1.165) is 49.2 Å². The third-order valence-corrected chi connectivity index (χ3v) is 3.73. The zero-order chi connectivity index (χ0) is 15.1. The molecule has 1 heterocycles. The summed E-state index contributed by atoms with van der Waals surface area (Å²) in [6.07, 6.45) is 5.32. The van der Waals surface area contributed by atoms with Crippen molar-refractivity contribution in [3.8, 4) is 5.75 Å². The van der Waals surface area contributed by atoms with E-state index >= 15 is 0 Å². The third kappa shape index (κ3) is 4.74. The molecule has 0 aromatic heterocycles. The van der Waals surface area contributed by atoms with Crippen LogP contribution in [-0.2, 0) is 4.79 Å². The summed E-state index contributed by atoms with van der Waals surface area (Å²) in [6.45, 7) is 5.68. The molecule has 0 aliphatic carbocycles. The molecule has 0 spiro atoms. The Labute approximate surface area is 127 Å². The molecular formula is C17H26N2O2. The Kier molecular flexibility index (Phi) is 6.05. The van der Waals surface area contributed by atoms with Gasteiger partial charge >= 0.3 is 0 Å². The smallest absolute Gasteiger partial charge is 0.241 e. The highest BCUT2D eigenvalue weighted by Crippen LogP contribution is 2.26. The SMILES string of the molecule is CCCOc1cc(C)ccc1NC(=O)C1CCCCCN1. The van der Waals surface area contributed by atoms with Crippen LogP contribution in [-0.4, -0.2) is 25.1 Å². The Bertz CT molecular complexity index is 466. The summed E-state index contributed by atoms with van der Waals surface area (Å²) in [5, 5.41) is 6.34. The Morgan fingerprint density at radius 3 is 3.05 bits per heavy atom. The van der Waals surface area contributed by atoms with Gasteiger partial charge in [0, 0.05) is 0 Å². The molecule has 2 N–H and O–H groups in total. The summed E-state index contributed by atoms with van der Waals surface area (Å²) in [4.78, 5) is 12.4. The van der Waals surface area contributed by atoms with Gasteiger partial charge in [0.15, 0.2) is 0 Å². The van der Waals surface area contributed by atoms with Gasteiger partial charge in [-0.25, -0.2) is 0 Å². The van der Waals surface area contributed by atoms with Crippen LogP contribution < -0.4 is 15.4 Å². The van der Waals surface area contributed by atoms with Crippen LogP contribution in [0.3, 0.4) is 0 Å². The molecule has 21 heavy (non-hydrogen) atoms. The topological polar surface area (TPSA) is 50.4 Å². The van der Waals surface area contributed by atoms with Gasteiger partial charge in [-0.1, -0.05) is 25.8 Å². The van der Waals surface area contributed by atoms with E-state index < -0.39 is 0 Å². The molecule has 1 saturated heterocycles. The van der Waals surface area contributed by atoms with Crippen molar-refractivity contribution in [1.29, 1.82) is 0 Å². The zero-order valence-corrected chi connectivity index (χ0v) is 13.1. The number of rotatable bonds is 5. The zero-order valence-electron chi connectivity index (χ0n) is 13.1. The molecule has 4 nitrogen and oxygen atoms in total. The Hall–Kier alpha value is -1.55. The van der Waals surface area contributed by atoms with E-state index in [0.29, 0.717) is 6.61 Å². The van der Waals surface area contributed by atoms with Gasteiger partial charge in [-0.15, -0.1) is 0 Å². The monoisotopic (exact) mass is 290 g/mol. The number of ether oxygens (including phenoxy) is 1. The number of nitrogens with one attached hydrogen (secondary N) is 2. The average Bonchev–Trinajstić information content (AvgIpc) is 2.76. The van der Waals surface area contributed by atoms with Gasteiger partial charge in [0.05, 0.1) is 18.3 Å². The molecule has 2 rings (SSSR count). The molecule has 1 aromatic carbocycles. The lowest BCUT2D eigenvalue weighted by Gasteiger charge is -2.18. The Morgan fingerprint density at radius 1 is 1.38 bits per heavy atom. The van der Waals surface area contributed by atoms with Crippen LogP contribution in [0.2, 0.25) is 0 Å². The lowest BCUT2D eigenvalue weighted by Crippen LogP contribution is -2.39. The molecule has 0 saturated carbocycles. The molecule has 116 valence electrons. The van der Waals surface area contributed by atoms with Crippen molar-refractivity contribution < 1.29 is 9.53 Å². The first-order chi connectivity index (χ1) is 10.2. The first kappa shape index (κ1) is 15.8. The lowest BCUT2D eigenvalue weighted by molar-refractivity contribution is -0.118. The molecule has 0 bridgehead atoms. The first-order valence-electron chi connectivity index (χ1n) is 7.98. The van der Waals surface area contributed by atoms with Gasteiger partial charge in [-0.3, -0.25) is 4.79 Å². The van der Waals surface area contributed by atoms with Gasteiger partial charge < -0.3 is 15.4 Å². The molecule has 1 aromatic rings. The molecule has 1 atom stereocenters. The van der Waals surface area contributed by atoms with Crippen molar-refractivity contribution in [2.75, 3.05) is 18.5 Å². The molecular weight excluding hydrogens is 264 g/mol. The van der Waals surface area contributed by atoms with E-state index in [1.807, 2.05) is 25.1 Å². The van der Waals surface area contributed by atoms with Crippen LogP contribution in [0.5, 0.6) is 5.75 Å². The summed E-state index contributed by atoms with van der Waals surface area (Å²) >= 11 is 0. The van der Waals surface area contributed by atoms with E-state index in [4.69, 9.17) is 4.74 Å². The van der Waals surface area contributed by atoms with E-state index in [1.165, 1.54) is 6.42 Å². The second-order valence-corrected chi connectivity index (χ2v) is 5.69. The molecule has 4 heteroatoms. The second-order valence-electron chi connectivity index (χ2n) is 5.69. The van der Waals surface area contributed by atoms with Crippen LogP contribution in [0.25, 0.3) is 0 Å². The molecule has 1 unspecified atom stereocenters. The van der Waals surface area contributed by atoms with Crippen LogP contribution in [0, 0.1) is 6.92 Å². The van der Waals surface area contributed by atoms with Gasteiger partial charge in [0.1, 0.15) is 5.75 Å². The minimum Gasteiger partial charge on any atom is -0.491 e. The Balaban J connectivity index is 2.04. The van der Waals surface area contributed by atoms with Crippen molar-refractivity contribution in [2.45, 2.75) is 52.0 Å². The number of hydrogen-bond acceptors (Lipinski definition) is 3. The number of benzene rings is 1. The van der Waals surface area contributed by atoms with E-state index in [9.17, 15) is 4.79 Å². The van der Waals surface area contributed by atoms with E-state index in [-0.39, 0.29) is 11.9 Å². The van der Waals surface area contributed by atoms with Gasteiger partial charge in [-0.05, 0) is 50.4 Å². The standard InChI is InChI=1S/C17H26N2O2/c1-3-11-21-16-12-13(2)8-9-14(16)19-17(20)15-7-5-4-6-10-18-15/h8-9,12,15,18H,3-7,10-11H2,1-2H3,(H,19,20). The normalized spacial score (nSPS) is 18.9. The predicted octanol–water partition coefficient (Wildman–Crippen LogP) is 3.25. The fourth-order valence-electron chi connectivity index (χ4n) is 2.54. The number of anilines is 1. The maximum Gasteiger partial charge on any atom is 0.241 e. The second kappa shape index (κ2) is 8.03. The van der Waals surface area contributed by atoms with Crippen LogP contribution in [0.4, 0.5) is 5.69 Å². The maximum absolute atomic E-state index is 12.4. The quantitative estimate of drug-likeness (QED) is 0.875. The minimum absolute atomic E-state index is 0.0436. The molecule has 1 amide bonds. The highest BCUT2D eigenvalue weighted by Gasteiger charge is 2.20. The lowest BCUT2D eigenvalue weighted by atomic mass is 10.1. The van der Waals surface area contributed by atoms with Crippen molar-refractivity contribution in [3.05, 3.63) is 23.8 Å². The van der Waals surface area contributed by atoms with Crippen molar-refractivity contribution in [3.63, 3.8) is 0 Å². The number of carbonyl (C=O) groups is 1. The number of carbonyl (C=O) groups excluding carboxylic acids is 1. The fraction of sp³-hybridized carbons (Fsp3) is 0.588. The third-order valence-electron chi connectivity index (χ3n) is 3.73. The van der Waals surface area contributed by atoms with Gasteiger partial charge in [0.2, 0.25) is 5.91 Å². The fourth-order valence-corrected chi connectivity index (χ4v) is 2.54. The highest BCUT2D eigenvalue weighted by atomic mass is 16.5. The molecule has 0 radical (unpaired) electrons. The van der Waals surface area contributed by atoms with Crippen molar-refractivity contribution in [1.82, 2.24) is 5.32 Å². The number of amides is 1. The summed E-state index contributed by atoms with van der Waals surface area (Å²) in [6, 6.07) is 5.81. The number of hydrogen-bond donors (Lipinski definition) is 2. The van der Waals surface area contributed by atoms with Gasteiger partial charge in [0.25, 0.3) is 0 Å². The summed E-state index contributed by atoms with van der Waals surface area (Å²) in [7, 11) is 0. The van der Waals surface area contributed by atoms with Crippen molar-refractivity contribution >= 4 is 11.6 Å². The summed E-state index contributed by atoms with van der Waals surface area (Å²) in [5.74, 6) is 0.806. The maximum atomic E-state index is 12.4. The molecule has 1 aliphatic rings. The number of aryl methyl sites for hydroxylation is 1. The largest absolute Gasteiger partial charge is 0.491 e. The summed E-state index contributed by atoms with van der Waals surface area (Å²) in [5.41, 5.74) is 1.90. The summed E-state index contributed by atoms with van der Waals surface area (Å²) < 4.78 is 5.74. The molecule has 1 fully saturated rings. The predicted molar refractivity (Wildman–Crippen MR) is 85.9 cm³/mol. The highest BCUT2D eigenvalue weighted by molar-refractivity contribution is 5.96. The van der Waals surface area contributed by atoms with Crippen molar-refractivity contribution in [2.24, 2.45) is 0 Å². The van der Waals surface area contributed by atoms with E-state index in [1.54, 1.807) is 0 Å². The van der Waals surface area contributed by atoms with Crippen LogP contribution >= 0.6 is 0 Å². The van der Waals surface area contributed by atoms with Crippen LogP contribution in [0.15, 0.2) is 18.2 Å². The minimum atomic E-state index is -0.0900. The Morgan fingerprint density at radius 2 is 2.24 bits per heavy atom.